The summed E-state index contributed by atoms with van der Waals surface area (Å²) in [6.45, 7) is 3.30. The largest absolute Gasteiger partial charge is 0.477 e. The van der Waals surface area contributed by atoms with E-state index in [1.807, 2.05) is 0 Å². The van der Waals surface area contributed by atoms with Gasteiger partial charge in [0.15, 0.2) is 5.69 Å². The van der Waals surface area contributed by atoms with Crippen LogP contribution in [0, 0.1) is 19.7 Å². The number of aryl methyl sites for hydroxylation is 2. The second kappa shape index (κ2) is 4.01. The minimum Gasteiger partial charge on any atom is -0.477 e. The molecule has 0 fully saturated rings. The quantitative estimate of drug-likeness (QED) is 0.867. The van der Waals surface area contributed by atoms with Gasteiger partial charge in [-0.1, -0.05) is 6.07 Å². The molecule has 0 spiro atoms. The normalized spacial score (nSPS) is 10.5. The van der Waals surface area contributed by atoms with E-state index in [4.69, 9.17) is 5.11 Å². The third-order valence-electron chi connectivity index (χ3n) is 2.49. The van der Waals surface area contributed by atoms with Gasteiger partial charge >= 0.3 is 5.97 Å². The van der Waals surface area contributed by atoms with Crippen molar-refractivity contribution in [3.8, 4) is 5.69 Å². The predicted molar refractivity (Wildman–Crippen MR) is 60.0 cm³/mol. The molecule has 5 heteroatoms. The van der Waals surface area contributed by atoms with Gasteiger partial charge in [0.25, 0.3) is 0 Å². The molecule has 1 aromatic carbocycles. The van der Waals surface area contributed by atoms with Crippen LogP contribution in [0.4, 0.5) is 4.39 Å². The van der Waals surface area contributed by atoms with Gasteiger partial charge in [-0.05, 0) is 32.0 Å². The standard InChI is InChI=1S/C12H11FN2O2/c1-7-11(12(16)17)15(8(2)14-7)10-5-3-4-9(13)6-10/h3-6H,1-2H3,(H,16,17). The van der Waals surface area contributed by atoms with Crippen LogP contribution in [0.5, 0.6) is 0 Å². The lowest BCUT2D eigenvalue weighted by Gasteiger charge is -2.07. The van der Waals surface area contributed by atoms with Gasteiger partial charge in [-0.2, -0.15) is 0 Å². The smallest absolute Gasteiger partial charge is 0.354 e. The first-order chi connectivity index (χ1) is 8.00. The number of carbonyl (C=O) groups is 1. The summed E-state index contributed by atoms with van der Waals surface area (Å²) < 4.78 is 14.6. The Morgan fingerprint density at radius 2 is 2.12 bits per heavy atom. The number of benzene rings is 1. The van der Waals surface area contributed by atoms with Crippen LogP contribution in [-0.4, -0.2) is 20.6 Å². The molecule has 1 aromatic heterocycles. The summed E-state index contributed by atoms with van der Waals surface area (Å²) in [5, 5.41) is 9.14. The van der Waals surface area contributed by atoms with Crippen molar-refractivity contribution < 1.29 is 14.3 Å². The minimum absolute atomic E-state index is 0.0631. The van der Waals surface area contributed by atoms with Crippen LogP contribution in [0.2, 0.25) is 0 Å². The average molecular weight is 234 g/mol. The van der Waals surface area contributed by atoms with Crippen molar-refractivity contribution in [2.75, 3.05) is 0 Å². The van der Waals surface area contributed by atoms with Gasteiger partial charge in [-0.25, -0.2) is 14.2 Å². The third-order valence-corrected chi connectivity index (χ3v) is 2.49. The maximum absolute atomic E-state index is 13.1. The fraction of sp³-hybridized carbons (Fsp3) is 0.167. The molecule has 0 aliphatic rings. The van der Waals surface area contributed by atoms with E-state index in [1.165, 1.54) is 22.8 Å². The molecule has 0 unspecified atom stereocenters. The van der Waals surface area contributed by atoms with Crippen molar-refractivity contribution in [3.63, 3.8) is 0 Å². The molecule has 1 heterocycles. The fourth-order valence-electron chi connectivity index (χ4n) is 1.85. The third kappa shape index (κ3) is 1.91. The molecule has 0 radical (unpaired) electrons. The van der Waals surface area contributed by atoms with E-state index in [-0.39, 0.29) is 5.69 Å². The van der Waals surface area contributed by atoms with Crippen molar-refractivity contribution in [2.24, 2.45) is 0 Å². The van der Waals surface area contributed by atoms with Crippen LogP contribution in [0.15, 0.2) is 24.3 Å². The van der Waals surface area contributed by atoms with Gasteiger partial charge in [-0.15, -0.1) is 0 Å². The molecule has 2 aromatic rings. The zero-order valence-corrected chi connectivity index (χ0v) is 9.44. The van der Waals surface area contributed by atoms with Gasteiger partial charge in [-0.3, -0.25) is 4.57 Å². The molecular weight excluding hydrogens is 223 g/mol. The Kier molecular flexibility index (Phi) is 2.67. The van der Waals surface area contributed by atoms with Crippen LogP contribution in [-0.2, 0) is 0 Å². The number of halogens is 1. The number of carboxylic acids is 1. The molecule has 0 aliphatic carbocycles. The Morgan fingerprint density at radius 1 is 1.41 bits per heavy atom. The number of hydrogen-bond donors (Lipinski definition) is 1. The first-order valence-corrected chi connectivity index (χ1v) is 5.06. The van der Waals surface area contributed by atoms with Crippen molar-refractivity contribution >= 4 is 5.97 Å². The molecule has 0 atom stereocenters. The summed E-state index contributed by atoms with van der Waals surface area (Å²) in [6.07, 6.45) is 0. The van der Waals surface area contributed by atoms with E-state index in [1.54, 1.807) is 19.9 Å². The summed E-state index contributed by atoms with van der Waals surface area (Å²) in [4.78, 5) is 15.3. The van der Waals surface area contributed by atoms with E-state index in [2.05, 4.69) is 4.98 Å². The zero-order valence-electron chi connectivity index (χ0n) is 9.44. The Bertz CT molecular complexity index is 590. The Morgan fingerprint density at radius 3 is 2.71 bits per heavy atom. The molecule has 0 saturated carbocycles. The maximum atomic E-state index is 13.1. The molecule has 0 saturated heterocycles. The van der Waals surface area contributed by atoms with E-state index < -0.39 is 11.8 Å². The van der Waals surface area contributed by atoms with Crippen LogP contribution in [0.1, 0.15) is 22.0 Å². The monoisotopic (exact) mass is 234 g/mol. The van der Waals surface area contributed by atoms with Gasteiger partial charge in [0, 0.05) is 0 Å². The summed E-state index contributed by atoms with van der Waals surface area (Å²) in [5.41, 5.74) is 0.938. The van der Waals surface area contributed by atoms with E-state index in [0.29, 0.717) is 17.2 Å². The molecule has 88 valence electrons. The van der Waals surface area contributed by atoms with Crippen molar-refractivity contribution in [2.45, 2.75) is 13.8 Å². The zero-order chi connectivity index (χ0) is 12.6. The summed E-state index contributed by atoms with van der Waals surface area (Å²) in [6, 6.07) is 5.76. The highest BCUT2D eigenvalue weighted by Gasteiger charge is 2.19. The van der Waals surface area contributed by atoms with Gasteiger partial charge in [0.05, 0.1) is 11.4 Å². The van der Waals surface area contributed by atoms with E-state index in [0.717, 1.165) is 0 Å². The first kappa shape index (κ1) is 11.3. The van der Waals surface area contributed by atoms with Gasteiger partial charge in [0.2, 0.25) is 0 Å². The number of hydrogen-bond acceptors (Lipinski definition) is 2. The van der Waals surface area contributed by atoms with Crippen molar-refractivity contribution in [1.29, 1.82) is 0 Å². The van der Waals surface area contributed by atoms with Crippen molar-refractivity contribution in [3.05, 3.63) is 47.3 Å². The molecule has 4 nitrogen and oxygen atoms in total. The predicted octanol–water partition coefficient (Wildman–Crippen LogP) is 2.33. The molecule has 1 N–H and O–H groups in total. The summed E-state index contributed by atoms with van der Waals surface area (Å²) in [5.74, 6) is -0.970. The number of rotatable bonds is 2. The highest BCUT2D eigenvalue weighted by atomic mass is 19.1. The highest BCUT2D eigenvalue weighted by Crippen LogP contribution is 2.18. The Balaban J connectivity index is 2.70. The lowest BCUT2D eigenvalue weighted by Crippen LogP contribution is -2.09. The molecule has 17 heavy (non-hydrogen) atoms. The van der Waals surface area contributed by atoms with E-state index in [9.17, 15) is 9.18 Å². The number of carboxylic acid groups (broad SMARTS) is 1. The summed E-state index contributed by atoms with van der Waals surface area (Å²) in [7, 11) is 0. The second-order valence-electron chi connectivity index (χ2n) is 3.71. The van der Waals surface area contributed by atoms with E-state index >= 15 is 0 Å². The molecular formula is C12H11FN2O2. The average Bonchev–Trinajstić information content (AvgIpc) is 2.53. The lowest BCUT2D eigenvalue weighted by molar-refractivity contribution is 0.0687. The van der Waals surface area contributed by atoms with Crippen molar-refractivity contribution in [1.82, 2.24) is 9.55 Å². The lowest BCUT2D eigenvalue weighted by atomic mass is 10.2. The Labute approximate surface area is 97.3 Å². The summed E-state index contributed by atoms with van der Waals surface area (Å²) >= 11 is 0. The topological polar surface area (TPSA) is 55.1 Å². The van der Waals surface area contributed by atoms with Crippen LogP contribution in [0.3, 0.4) is 0 Å². The Hall–Kier alpha value is -2.17. The maximum Gasteiger partial charge on any atom is 0.354 e. The van der Waals surface area contributed by atoms with Gasteiger partial charge in [0.1, 0.15) is 11.6 Å². The number of imidazole rings is 1. The molecule has 2 rings (SSSR count). The second-order valence-corrected chi connectivity index (χ2v) is 3.71. The number of nitrogens with zero attached hydrogens (tertiary/aromatic N) is 2. The first-order valence-electron chi connectivity index (χ1n) is 5.06. The minimum atomic E-state index is -1.08. The van der Waals surface area contributed by atoms with Crippen LogP contribution in [0.25, 0.3) is 5.69 Å². The number of aromatic nitrogens is 2. The SMILES string of the molecule is Cc1nc(C)n(-c2cccc(F)c2)c1C(=O)O. The number of aromatic carboxylic acids is 1. The molecule has 0 aliphatic heterocycles. The molecule has 0 amide bonds. The highest BCUT2D eigenvalue weighted by molar-refractivity contribution is 5.88. The van der Waals surface area contributed by atoms with Crippen LogP contribution >= 0.6 is 0 Å². The molecule has 0 bridgehead atoms. The van der Waals surface area contributed by atoms with Crippen LogP contribution < -0.4 is 0 Å². The fourth-order valence-corrected chi connectivity index (χ4v) is 1.85. The van der Waals surface area contributed by atoms with Gasteiger partial charge < -0.3 is 5.11 Å².